The zero-order chi connectivity index (χ0) is 17.1. The minimum atomic E-state index is -0.198. The Balaban J connectivity index is 1.48. The van der Waals surface area contributed by atoms with E-state index in [4.69, 9.17) is 16.3 Å². The van der Waals surface area contributed by atoms with E-state index < -0.39 is 0 Å². The molecule has 0 bridgehead atoms. The summed E-state index contributed by atoms with van der Waals surface area (Å²) in [5.74, 6) is 1.07. The first kappa shape index (κ1) is 17.1. The molecule has 2 heterocycles. The number of carbonyl (C=O) groups excluding carboxylic acids is 2. The Kier molecular flexibility index (Phi) is 5.29. The average molecular weight is 351 g/mol. The smallest absolute Gasteiger partial charge is 0.226 e. The van der Waals surface area contributed by atoms with E-state index >= 15 is 0 Å². The number of carbonyl (C=O) groups is 2. The van der Waals surface area contributed by atoms with Crippen molar-refractivity contribution in [3.63, 3.8) is 0 Å². The van der Waals surface area contributed by atoms with Crippen LogP contribution in [0.25, 0.3) is 0 Å². The lowest BCUT2D eigenvalue weighted by Crippen LogP contribution is -2.41. The Morgan fingerprint density at radius 1 is 1.50 bits per heavy atom. The second-order valence-electron chi connectivity index (χ2n) is 6.76. The number of ether oxygens (including phenoxy) is 1. The van der Waals surface area contributed by atoms with Gasteiger partial charge in [0.05, 0.1) is 5.92 Å². The van der Waals surface area contributed by atoms with Crippen molar-refractivity contribution in [3.05, 3.63) is 28.8 Å². The van der Waals surface area contributed by atoms with Crippen LogP contribution < -0.4 is 10.1 Å². The van der Waals surface area contributed by atoms with Gasteiger partial charge >= 0.3 is 0 Å². The molecule has 1 aromatic carbocycles. The molecule has 2 aliphatic heterocycles. The summed E-state index contributed by atoms with van der Waals surface area (Å²) in [6.45, 7) is 4.56. The van der Waals surface area contributed by atoms with Crippen molar-refractivity contribution in [3.8, 4) is 5.75 Å². The van der Waals surface area contributed by atoms with Gasteiger partial charge in [-0.2, -0.15) is 0 Å². The van der Waals surface area contributed by atoms with Gasteiger partial charge in [-0.3, -0.25) is 9.59 Å². The van der Waals surface area contributed by atoms with E-state index in [9.17, 15) is 9.59 Å². The molecule has 5 nitrogen and oxygen atoms in total. The maximum Gasteiger partial charge on any atom is 0.226 e. The standard InChI is InChI=1S/C18H23ClN2O3/c1-12(10-21-6-2-3-17(21)22)9-20-18(23)14-7-13-8-15(19)4-5-16(13)24-11-14/h4-5,8,12,14H,2-3,6-7,9-11H2,1H3,(H,20,23). The highest BCUT2D eigenvalue weighted by Crippen LogP contribution is 2.29. The molecule has 130 valence electrons. The normalized spacial score (nSPS) is 21.2. The van der Waals surface area contributed by atoms with Crippen LogP contribution >= 0.6 is 11.6 Å². The maximum atomic E-state index is 12.4. The fourth-order valence-electron chi connectivity index (χ4n) is 3.29. The summed E-state index contributed by atoms with van der Waals surface area (Å²) in [5, 5.41) is 3.65. The molecule has 0 spiro atoms. The van der Waals surface area contributed by atoms with Gasteiger partial charge in [-0.1, -0.05) is 18.5 Å². The summed E-state index contributed by atoms with van der Waals surface area (Å²) < 4.78 is 5.67. The van der Waals surface area contributed by atoms with E-state index in [1.807, 2.05) is 17.0 Å². The van der Waals surface area contributed by atoms with Crippen LogP contribution in [0.4, 0.5) is 0 Å². The van der Waals surface area contributed by atoms with Crippen LogP contribution in [0.1, 0.15) is 25.3 Å². The number of fused-ring (bicyclic) bond motifs is 1. The molecule has 1 saturated heterocycles. The van der Waals surface area contributed by atoms with Crippen LogP contribution in [0.3, 0.4) is 0 Å². The lowest BCUT2D eigenvalue weighted by molar-refractivity contribution is -0.128. The van der Waals surface area contributed by atoms with Crippen molar-refractivity contribution in [1.29, 1.82) is 0 Å². The monoisotopic (exact) mass is 350 g/mol. The zero-order valence-electron chi connectivity index (χ0n) is 13.9. The molecule has 6 heteroatoms. The van der Waals surface area contributed by atoms with Crippen LogP contribution in [-0.4, -0.2) is 43.0 Å². The molecular formula is C18H23ClN2O3. The second kappa shape index (κ2) is 7.43. The van der Waals surface area contributed by atoms with Gasteiger partial charge in [-0.25, -0.2) is 0 Å². The first-order chi connectivity index (χ1) is 11.5. The molecule has 0 saturated carbocycles. The number of nitrogens with one attached hydrogen (secondary N) is 1. The summed E-state index contributed by atoms with van der Waals surface area (Å²) in [6.07, 6.45) is 2.24. The Hall–Kier alpha value is -1.75. The van der Waals surface area contributed by atoms with E-state index in [1.54, 1.807) is 6.07 Å². The highest BCUT2D eigenvalue weighted by molar-refractivity contribution is 6.30. The second-order valence-corrected chi connectivity index (χ2v) is 7.19. The summed E-state index contributed by atoms with van der Waals surface area (Å²) >= 11 is 6.01. The van der Waals surface area contributed by atoms with Crippen molar-refractivity contribution in [1.82, 2.24) is 10.2 Å². The highest BCUT2D eigenvalue weighted by Gasteiger charge is 2.27. The van der Waals surface area contributed by atoms with E-state index in [2.05, 4.69) is 12.2 Å². The minimum absolute atomic E-state index is 0.000207. The van der Waals surface area contributed by atoms with Gasteiger partial charge in [0.15, 0.2) is 0 Å². The van der Waals surface area contributed by atoms with Crippen molar-refractivity contribution >= 4 is 23.4 Å². The van der Waals surface area contributed by atoms with Crippen LogP contribution in [-0.2, 0) is 16.0 Å². The van der Waals surface area contributed by atoms with Gasteiger partial charge in [0.1, 0.15) is 12.4 Å². The minimum Gasteiger partial charge on any atom is -0.492 e. The summed E-state index contributed by atoms with van der Waals surface area (Å²) in [6, 6.07) is 5.50. The topological polar surface area (TPSA) is 58.6 Å². The number of hydrogen-bond donors (Lipinski definition) is 1. The van der Waals surface area contributed by atoms with Crippen molar-refractivity contribution in [2.45, 2.75) is 26.2 Å². The number of likely N-dealkylation sites (tertiary alicyclic amines) is 1. The number of nitrogens with zero attached hydrogens (tertiary/aromatic N) is 1. The number of rotatable bonds is 5. The van der Waals surface area contributed by atoms with Gasteiger partial charge in [-0.05, 0) is 42.5 Å². The first-order valence-electron chi connectivity index (χ1n) is 8.49. The third-order valence-electron chi connectivity index (χ3n) is 4.63. The highest BCUT2D eigenvalue weighted by atomic mass is 35.5. The van der Waals surface area contributed by atoms with E-state index in [0.29, 0.717) is 37.6 Å². The van der Waals surface area contributed by atoms with Crippen LogP contribution in [0.15, 0.2) is 18.2 Å². The fraction of sp³-hybridized carbons (Fsp3) is 0.556. The SMILES string of the molecule is CC(CNC(=O)C1COc2ccc(Cl)cc2C1)CN1CCCC1=O. The molecule has 1 aromatic rings. The molecule has 2 amide bonds. The molecule has 3 rings (SSSR count). The lowest BCUT2D eigenvalue weighted by atomic mass is 9.96. The summed E-state index contributed by atoms with van der Waals surface area (Å²) in [7, 11) is 0. The van der Waals surface area contributed by atoms with Crippen molar-refractivity contribution in [2.24, 2.45) is 11.8 Å². The molecule has 1 N–H and O–H groups in total. The molecule has 0 aliphatic carbocycles. The van der Waals surface area contributed by atoms with Crippen LogP contribution in [0.2, 0.25) is 5.02 Å². The Morgan fingerprint density at radius 2 is 2.33 bits per heavy atom. The summed E-state index contributed by atoms with van der Waals surface area (Å²) in [4.78, 5) is 25.9. The maximum absolute atomic E-state index is 12.4. The molecule has 2 aliphatic rings. The predicted octanol–water partition coefficient (Wildman–Crippen LogP) is 2.27. The molecule has 1 fully saturated rings. The Morgan fingerprint density at radius 3 is 3.08 bits per heavy atom. The Labute approximate surface area is 147 Å². The van der Waals surface area contributed by atoms with Crippen LogP contribution in [0, 0.1) is 11.8 Å². The van der Waals surface area contributed by atoms with Gasteiger partial charge in [0, 0.05) is 31.1 Å². The van der Waals surface area contributed by atoms with Crippen LogP contribution in [0.5, 0.6) is 5.75 Å². The number of amides is 2. The first-order valence-corrected chi connectivity index (χ1v) is 8.87. The quantitative estimate of drug-likeness (QED) is 0.886. The third kappa shape index (κ3) is 4.01. The van der Waals surface area contributed by atoms with E-state index in [0.717, 1.165) is 24.3 Å². The largest absolute Gasteiger partial charge is 0.492 e. The molecule has 2 unspecified atom stereocenters. The van der Waals surface area contributed by atoms with Crippen molar-refractivity contribution in [2.75, 3.05) is 26.2 Å². The average Bonchev–Trinajstić information content (AvgIpc) is 2.96. The van der Waals surface area contributed by atoms with E-state index in [1.165, 1.54) is 0 Å². The number of hydrogen-bond acceptors (Lipinski definition) is 3. The van der Waals surface area contributed by atoms with Gasteiger partial charge in [0.25, 0.3) is 0 Å². The van der Waals surface area contributed by atoms with Gasteiger partial charge in [0.2, 0.25) is 11.8 Å². The van der Waals surface area contributed by atoms with E-state index in [-0.39, 0.29) is 23.7 Å². The van der Waals surface area contributed by atoms with Gasteiger partial charge in [-0.15, -0.1) is 0 Å². The fourth-order valence-corrected chi connectivity index (χ4v) is 3.48. The number of halogens is 1. The third-order valence-corrected chi connectivity index (χ3v) is 4.86. The molecule has 2 atom stereocenters. The molecular weight excluding hydrogens is 328 g/mol. The summed E-state index contributed by atoms with van der Waals surface area (Å²) in [5.41, 5.74) is 0.976. The van der Waals surface area contributed by atoms with Crippen molar-refractivity contribution < 1.29 is 14.3 Å². The van der Waals surface area contributed by atoms with Gasteiger partial charge < -0.3 is 15.0 Å². The predicted molar refractivity (Wildman–Crippen MR) is 92.1 cm³/mol. The molecule has 0 radical (unpaired) electrons. The molecule has 24 heavy (non-hydrogen) atoms. The zero-order valence-corrected chi connectivity index (χ0v) is 14.6. The lowest BCUT2D eigenvalue weighted by Gasteiger charge is -2.26. The molecule has 0 aromatic heterocycles. The number of benzene rings is 1. The Bertz CT molecular complexity index is 635.